The second kappa shape index (κ2) is 29.2. The van der Waals surface area contributed by atoms with Crippen molar-refractivity contribution in [3.63, 3.8) is 0 Å². The van der Waals surface area contributed by atoms with Crippen molar-refractivity contribution in [3.8, 4) is 0 Å². The molecule has 0 aliphatic heterocycles. The van der Waals surface area contributed by atoms with Crippen LogP contribution in [0.2, 0.25) is 0 Å². The van der Waals surface area contributed by atoms with Gasteiger partial charge in [-0.2, -0.15) is 0 Å². The predicted molar refractivity (Wildman–Crippen MR) is 32.0 cm³/mol. The maximum Gasteiger partial charge on any atom is 2.00 e. The normalized spacial score (nSPS) is 5.00. The van der Waals surface area contributed by atoms with Gasteiger partial charge < -0.3 is 29.7 Å². The SMILES string of the molecule is CC(=O)[O-].CC(=O)[O-].CC(=O)[O-].[Co+2].[Co+2].[Co+2]. The van der Waals surface area contributed by atoms with Crippen LogP contribution in [-0.2, 0) is 64.7 Å². The first-order valence-corrected chi connectivity index (χ1v) is 2.72. The molecule has 0 amide bonds. The van der Waals surface area contributed by atoms with Gasteiger partial charge in [-0.3, -0.25) is 0 Å². The van der Waals surface area contributed by atoms with E-state index >= 15 is 0 Å². The van der Waals surface area contributed by atoms with Crippen LogP contribution in [0.5, 0.6) is 0 Å². The van der Waals surface area contributed by atoms with Gasteiger partial charge in [0.1, 0.15) is 0 Å². The summed E-state index contributed by atoms with van der Waals surface area (Å²) in [5.74, 6) is -3.25. The monoisotopic (exact) mass is 354 g/mol. The maximum atomic E-state index is 8.89. The van der Waals surface area contributed by atoms with E-state index in [1.807, 2.05) is 0 Å². The number of carbonyl (C=O) groups excluding carboxylic acids is 3. The van der Waals surface area contributed by atoms with Gasteiger partial charge in [0.2, 0.25) is 0 Å². The Bertz CT molecular complexity index is 120. The van der Waals surface area contributed by atoms with E-state index in [1.165, 1.54) is 0 Å². The zero-order chi connectivity index (χ0) is 10.7. The molecule has 0 aromatic heterocycles. The molecule has 0 atom stereocenters. The van der Waals surface area contributed by atoms with Crippen LogP contribution in [0.25, 0.3) is 0 Å². The Morgan fingerprint density at radius 2 is 0.600 bits per heavy atom. The third-order valence-electron chi connectivity index (χ3n) is 0. The predicted octanol–water partition coefficient (Wildman–Crippen LogP) is -3.74. The zero-order valence-electron chi connectivity index (χ0n) is 7.95. The van der Waals surface area contributed by atoms with E-state index < -0.39 is 17.9 Å². The largest absolute Gasteiger partial charge is 2.00 e. The van der Waals surface area contributed by atoms with Crippen molar-refractivity contribution in [2.75, 3.05) is 0 Å². The quantitative estimate of drug-likeness (QED) is 0.441. The molecular formula is C6H9Co3O6+3. The van der Waals surface area contributed by atoms with Crippen LogP contribution in [0.4, 0.5) is 0 Å². The van der Waals surface area contributed by atoms with Gasteiger partial charge in [0.05, 0.1) is 0 Å². The third kappa shape index (κ3) is 399000. The Kier molecular flexibility index (Phi) is 70.7. The Labute approximate surface area is 118 Å². The van der Waals surface area contributed by atoms with Crippen LogP contribution in [0.3, 0.4) is 0 Å². The molecule has 3 radical (unpaired) electrons. The number of aliphatic carboxylic acids is 3. The molecule has 9 heteroatoms. The van der Waals surface area contributed by atoms with E-state index in [9.17, 15) is 0 Å². The fourth-order valence-electron chi connectivity index (χ4n) is 0. The van der Waals surface area contributed by atoms with Gasteiger partial charge in [-0.25, -0.2) is 0 Å². The molecule has 6 nitrogen and oxygen atoms in total. The summed E-state index contributed by atoms with van der Waals surface area (Å²) in [6.45, 7) is 2.92. The molecule has 0 heterocycles. The molecular weight excluding hydrogens is 345 g/mol. The van der Waals surface area contributed by atoms with Crippen molar-refractivity contribution >= 4 is 17.9 Å². The standard InChI is InChI=1S/3C2H4O2.3Co/c3*1-2(3)4;;;/h3*1H3,(H,3,4);;;/q;;;3*+2/p-3. The second-order valence-corrected chi connectivity index (χ2v) is 1.47. The molecule has 93 valence electrons. The molecule has 0 spiro atoms. The Morgan fingerprint density at radius 3 is 0.600 bits per heavy atom. The molecule has 0 rings (SSSR count). The minimum absolute atomic E-state index is 0. The van der Waals surface area contributed by atoms with Crippen molar-refractivity contribution in [1.29, 1.82) is 0 Å². The van der Waals surface area contributed by atoms with E-state index in [4.69, 9.17) is 29.7 Å². The minimum Gasteiger partial charge on any atom is -0.550 e. The molecule has 15 heavy (non-hydrogen) atoms. The van der Waals surface area contributed by atoms with Gasteiger partial charge in [0.25, 0.3) is 0 Å². The summed E-state index contributed by atoms with van der Waals surface area (Å²) in [6, 6.07) is 0. The Balaban J connectivity index is -0.0000000184. The van der Waals surface area contributed by atoms with Crippen molar-refractivity contribution in [2.24, 2.45) is 0 Å². The topological polar surface area (TPSA) is 120 Å². The fourth-order valence-corrected chi connectivity index (χ4v) is 0. The first kappa shape index (κ1) is 36.3. The van der Waals surface area contributed by atoms with Gasteiger partial charge in [0, 0.05) is 17.9 Å². The molecule has 0 aliphatic rings. The summed E-state index contributed by atoms with van der Waals surface area (Å²) >= 11 is 0. The van der Waals surface area contributed by atoms with Crippen LogP contribution >= 0.6 is 0 Å². The summed E-state index contributed by atoms with van der Waals surface area (Å²) in [7, 11) is 0. The fraction of sp³-hybridized carbons (Fsp3) is 0.500. The first-order valence-electron chi connectivity index (χ1n) is 2.72. The number of carboxylic acid groups (broad SMARTS) is 3. The molecule has 0 saturated carbocycles. The minimum atomic E-state index is -1.08. The van der Waals surface area contributed by atoms with Gasteiger partial charge in [-0.15, -0.1) is 0 Å². The summed E-state index contributed by atoms with van der Waals surface area (Å²) < 4.78 is 0. The first-order chi connectivity index (χ1) is 5.20. The summed E-state index contributed by atoms with van der Waals surface area (Å²) in [6.07, 6.45) is 0. The van der Waals surface area contributed by atoms with Crippen LogP contribution < -0.4 is 15.3 Å². The van der Waals surface area contributed by atoms with Crippen LogP contribution in [0, 0.1) is 0 Å². The van der Waals surface area contributed by atoms with E-state index in [2.05, 4.69) is 0 Å². The van der Waals surface area contributed by atoms with Crippen molar-refractivity contribution in [2.45, 2.75) is 20.8 Å². The van der Waals surface area contributed by atoms with Crippen LogP contribution in [0.15, 0.2) is 0 Å². The van der Waals surface area contributed by atoms with Gasteiger partial charge >= 0.3 is 50.3 Å². The molecule has 0 bridgehead atoms. The molecule has 0 aliphatic carbocycles. The summed E-state index contributed by atoms with van der Waals surface area (Å²) in [4.78, 5) is 26.7. The number of hydrogen-bond acceptors (Lipinski definition) is 6. The van der Waals surface area contributed by atoms with Crippen molar-refractivity contribution < 1.29 is 80.0 Å². The van der Waals surface area contributed by atoms with E-state index in [1.54, 1.807) is 0 Å². The number of carboxylic acids is 3. The smallest absolute Gasteiger partial charge is 0.550 e. The number of hydrogen-bond donors (Lipinski definition) is 0. The molecule has 0 aromatic carbocycles. The van der Waals surface area contributed by atoms with Crippen LogP contribution in [-0.4, -0.2) is 17.9 Å². The third-order valence-corrected chi connectivity index (χ3v) is 0. The summed E-state index contributed by atoms with van der Waals surface area (Å²) in [5.41, 5.74) is 0. The summed E-state index contributed by atoms with van der Waals surface area (Å²) in [5, 5.41) is 26.7. The molecule has 0 fully saturated rings. The Morgan fingerprint density at radius 1 is 0.600 bits per heavy atom. The van der Waals surface area contributed by atoms with E-state index in [-0.39, 0.29) is 50.3 Å². The molecule has 0 unspecified atom stereocenters. The number of carbonyl (C=O) groups is 3. The van der Waals surface area contributed by atoms with Crippen molar-refractivity contribution in [3.05, 3.63) is 0 Å². The van der Waals surface area contributed by atoms with Crippen molar-refractivity contribution in [1.82, 2.24) is 0 Å². The van der Waals surface area contributed by atoms with Crippen LogP contribution in [0.1, 0.15) is 20.8 Å². The average molecular weight is 354 g/mol. The van der Waals surface area contributed by atoms with Gasteiger partial charge in [-0.1, -0.05) is 0 Å². The van der Waals surface area contributed by atoms with Gasteiger partial charge in [-0.05, 0) is 20.8 Å². The second-order valence-electron chi connectivity index (χ2n) is 1.47. The molecule has 0 saturated heterocycles. The zero-order valence-corrected chi connectivity index (χ0v) is 11.1. The number of rotatable bonds is 0. The van der Waals surface area contributed by atoms with E-state index in [0.29, 0.717) is 0 Å². The molecule has 0 aromatic rings. The Hall–Kier alpha value is -0.0705. The average Bonchev–Trinajstić information content (AvgIpc) is 1.54. The maximum absolute atomic E-state index is 8.89. The molecule has 0 N–H and O–H groups in total. The van der Waals surface area contributed by atoms with E-state index in [0.717, 1.165) is 20.8 Å². The van der Waals surface area contributed by atoms with Gasteiger partial charge in [0.15, 0.2) is 0 Å².